The van der Waals surface area contributed by atoms with Gasteiger partial charge in [-0.15, -0.1) is 0 Å². The van der Waals surface area contributed by atoms with E-state index in [1.54, 1.807) is 12.3 Å². The number of halogens is 1. The van der Waals surface area contributed by atoms with Crippen LogP contribution in [-0.4, -0.2) is 10.9 Å². The molecule has 0 aliphatic rings. The fourth-order valence-corrected chi connectivity index (χ4v) is 0.983. The van der Waals surface area contributed by atoms with Gasteiger partial charge >= 0.3 is 0 Å². The molecule has 0 spiro atoms. The summed E-state index contributed by atoms with van der Waals surface area (Å²) in [6.07, 6.45) is 4.62. The zero-order valence-corrected chi connectivity index (χ0v) is 8.36. The van der Waals surface area contributed by atoms with Crippen LogP contribution in [0.15, 0.2) is 24.4 Å². The molecular formula is C8H7IN2O. The Balaban J connectivity index is 2.77. The summed E-state index contributed by atoms with van der Waals surface area (Å²) >= 11 is 2.11. The summed E-state index contributed by atoms with van der Waals surface area (Å²) < 4.78 is 0.920. The second-order valence-electron chi connectivity index (χ2n) is 2.15. The van der Waals surface area contributed by atoms with E-state index in [9.17, 15) is 4.79 Å². The normalized spacial score (nSPS) is 10.4. The number of nitrogens with zero attached hydrogens (tertiary/aromatic N) is 1. The molecule has 0 fully saturated rings. The summed E-state index contributed by atoms with van der Waals surface area (Å²) in [6, 6.07) is 3.73. The van der Waals surface area contributed by atoms with Crippen molar-refractivity contribution in [3.8, 4) is 0 Å². The van der Waals surface area contributed by atoms with Gasteiger partial charge in [0, 0.05) is 12.3 Å². The number of amides is 1. The van der Waals surface area contributed by atoms with Crippen LogP contribution in [0.2, 0.25) is 0 Å². The van der Waals surface area contributed by atoms with Crippen molar-refractivity contribution in [2.75, 3.05) is 0 Å². The SMILES string of the molecule is NC(=O)/C=C/c1ccc(I)nc1. The molecule has 0 atom stereocenters. The number of hydrogen-bond acceptors (Lipinski definition) is 2. The molecule has 1 rings (SSSR count). The molecule has 12 heavy (non-hydrogen) atoms. The van der Waals surface area contributed by atoms with E-state index in [1.807, 2.05) is 12.1 Å². The van der Waals surface area contributed by atoms with E-state index in [-0.39, 0.29) is 0 Å². The van der Waals surface area contributed by atoms with Gasteiger partial charge in [-0.2, -0.15) is 0 Å². The quantitative estimate of drug-likeness (QED) is 0.500. The third kappa shape index (κ3) is 3.00. The van der Waals surface area contributed by atoms with Crippen LogP contribution in [-0.2, 0) is 4.79 Å². The molecule has 0 saturated heterocycles. The van der Waals surface area contributed by atoms with Gasteiger partial charge in [-0.25, -0.2) is 4.98 Å². The van der Waals surface area contributed by atoms with E-state index in [2.05, 4.69) is 27.6 Å². The Hall–Kier alpha value is -0.910. The van der Waals surface area contributed by atoms with Crippen LogP contribution in [0.5, 0.6) is 0 Å². The highest BCUT2D eigenvalue weighted by molar-refractivity contribution is 14.1. The van der Waals surface area contributed by atoms with Crippen molar-refractivity contribution in [3.63, 3.8) is 0 Å². The molecule has 0 bridgehead atoms. The fourth-order valence-electron chi connectivity index (χ4n) is 0.664. The third-order valence-corrected chi connectivity index (χ3v) is 1.83. The van der Waals surface area contributed by atoms with Gasteiger partial charge in [0.1, 0.15) is 3.70 Å². The van der Waals surface area contributed by atoms with Crippen molar-refractivity contribution in [1.82, 2.24) is 4.98 Å². The maximum absolute atomic E-state index is 10.4. The van der Waals surface area contributed by atoms with Crippen molar-refractivity contribution < 1.29 is 4.79 Å². The lowest BCUT2D eigenvalue weighted by molar-refractivity contribution is -0.113. The van der Waals surface area contributed by atoms with Crippen LogP contribution in [0.3, 0.4) is 0 Å². The van der Waals surface area contributed by atoms with Crippen LogP contribution in [0, 0.1) is 3.70 Å². The van der Waals surface area contributed by atoms with E-state index in [0.29, 0.717) is 0 Å². The van der Waals surface area contributed by atoms with Gasteiger partial charge in [0.25, 0.3) is 0 Å². The number of pyridine rings is 1. The average Bonchev–Trinajstić information content (AvgIpc) is 2.03. The number of carbonyl (C=O) groups excluding carboxylic acids is 1. The van der Waals surface area contributed by atoms with Gasteiger partial charge in [-0.05, 0) is 40.3 Å². The topological polar surface area (TPSA) is 56.0 Å². The summed E-state index contributed by atoms with van der Waals surface area (Å²) in [7, 11) is 0. The predicted octanol–water partition coefficient (Wildman–Crippen LogP) is 1.18. The van der Waals surface area contributed by atoms with E-state index < -0.39 is 5.91 Å². The highest BCUT2D eigenvalue weighted by atomic mass is 127. The molecule has 0 aliphatic carbocycles. The molecule has 0 unspecified atom stereocenters. The Morgan fingerprint density at radius 1 is 1.58 bits per heavy atom. The van der Waals surface area contributed by atoms with Crippen LogP contribution in [0.1, 0.15) is 5.56 Å². The molecular weight excluding hydrogens is 267 g/mol. The number of aromatic nitrogens is 1. The number of nitrogens with two attached hydrogens (primary N) is 1. The first kappa shape index (κ1) is 9.18. The van der Waals surface area contributed by atoms with Crippen LogP contribution < -0.4 is 5.73 Å². The second kappa shape index (κ2) is 4.20. The highest BCUT2D eigenvalue weighted by Gasteiger charge is 1.89. The van der Waals surface area contributed by atoms with Gasteiger partial charge in [0.15, 0.2) is 0 Å². The van der Waals surface area contributed by atoms with Crippen LogP contribution in [0.25, 0.3) is 6.08 Å². The Morgan fingerprint density at radius 3 is 2.83 bits per heavy atom. The lowest BCUT2D eigenvalue weighted by atomic mass is 10.2. The predicted molar refractivity (Wildman–Crippen MR) is 55.2 cm³/mol. The Bertz CT molecular complexity index is 305. The molecule has 1 aromatic heterocycles. The first-order chi connectivity index (χ1) is 5.68. The Kier molecular flexibility index (Phi) is 3.21. The number of primary amides is 1. The first-order valence-electron chi connectivity index (χ1n) is 3.27. The maximum atomic E-state index is 10.4. The third-order valence-electron chi connectivity index (χ3n) is 1.19. The monoisotopic (exact) mass is 274 g/mol. The van der Waals surface area contributed by atoms with Gasteiger partial charge in [0.05, 0.1) is 0 Å². The Labute approximate surface area is 83.8 Å². The largest absolute Gasteiger partial charge is 0.366 e. The second-order valence-corrected chi connectivity index (χ2v) is 3.26. The fraction of sp³-hybridized carbons (Fsp3) is 0. The summed E-state index contributed by atoms with van der Waals surface area (Å²) in [5, 5.41) is 0. The van der Waals surface area contributed by atoms with E-state index >= 15 is 0 Å². The molecule has 1 amide bonds. The number of hydrogen-bond donors (Lipinski definition) is 1. The summed E-state index contributed by atoms with van der Waals surface area (Å²) in [5.74, 6) is -0.450. The minimum atomic E-state index is -0.450. The maximum Gasteiger partial charge on any atom is 0.241 e. The first-order valence-corrected chi connectivity index (χ1v) is 4.35. The molecule has 1 heterocycles. The lowest BCUT2D eigenvalue weighted by Crippen LogP contribution is -2.05. The van der Waals surface area contributed by atoms with Crippen LogP contribution in [0.4, 0.5) is 0 Å². The smallest absolute Gasteiger partial charge is 0.241 e. The summed E-state index contributed by atoms with van der Waals surface area (Å²) in [4.78, 5) is 14.4. The van der Waals surface area contributed by atoms with Crippen LogP contribution >= 0.6 is 22.6 Å². The van der Waals surface area contributed by atoms with Crippen molar-refractivity contribution in [2.45, 2.75) is 0 Å². The molecule has 3 nitrogen and oxygen atoms in total. The van der Waals surface area contributed by atoms with Crippen molar-refractivity contribution in [2.24, 2.45) is 5.73 Å². The average molecular weight is 274 g/mol. The number of rotatable bonds is 2. The standard InChI is InChI=1S/C8H7IN2O/c9-7-3-1-6(5-11-7)2-4-8(10)12/h1-5H,(H2,10,12)/b4-2+. The van der Waals surface area contributed by atoms with E-state index in [4.69, 9.17) is 5.73 Å². The molecule has 1 aromatic rings. The van der Waals surface area contributed by atoms with Crippen molar-refractivity contribution in [1.29, 1.82) is 0 Å². The molecule has 0 radical (unpaired) electrons. The molecule has 4 heteroatoms. The summed E-state index contributed by atoms with van der Waals surface area (Å²) in [5.41, 5.74) is 5.79. The lowest BCUT2D eigenvalue weighted by Gasteiger charge is -1.91. The van der Waals surface area contributed by atoms with Crippen molar-refractivity contribution >= 4 is 34.6 Å². The van der Waals surface area contributed by atoms with Crippen molar-refractivity contribution in [3.05, 3.63) is 33.7 Å². The Morgan fingerprint density at radius 2 is 2.33 bits per heavy atom. The molecule has 0 saturated carbocycles. The minimum absolute atomic E-state index is 0.450. The zero-order valence-electron chi connectivity index (χ0n) is 6.20. The highest BCUT2D eigenvalue weighted by Crippen LogP contribution is 2.03. The molecule has 62 valence electrons. The van der Waals surface area contributed by atoms with Gasteiger partial charge < -0.3 is 5.73 Å². The van der Waals surface area contributed by atoms with Gasteiger partial charge in [0.2, 0.25) is 5.91 Å². The van der Waals surface area contributed by atoms with E-state index in [0.717, 1.165) is 9.26 Å². The minimum Gasteiger partial charge on any atom is -0.366 e. The molecule has 0 aromatic carbocycles. The molecule has 2 N–H and O–H groups in total. The van der Waals surface area contributed by atoms with Gasteiger partial charge in [-0.1, -0.05) is 6.07 Å². The number of carbonyl (C=O) groups is 1. The zero-order chi connectivity index (χ0) is 8.97. The van der Waals surface area contributed by atoms with Gasteiger partial charge in [-0.3, -0.25) is 4.79 Å². The summed E-state index contributed by atoms with van der Waals surface area (Å²) in [6.45, 7) is 0. The molecule has 0 aliphatic heterocycles. The van der Waals surface area contributed by atoms with E-state index in [1.165, 1.54) is 6.08 Å².